The van der Waals surface area contributed by atoms with Crippen LogP contribution in [0.2, 0.25) is 0 Å². The van der Waals surface area contributed by atoms with E-state index in [0.717, 1.165) is 5.56 Å². The summed E-state index contributed by atoms with van der Waals surface area (Å²) >= 11 is 0. The number of ether oxygens (including phenoxy) is 1. The minimum atomic E-state index is -1.06. The van der Waals surface area contributed by atoms with Crippen molar-refractivity contribution in [3.05, 3.63) is 76.1 Å². The van der Waals surface area contributed by atoms with Crippen molar-refractivity contribution in [3.63, 3.8) is 0 Å². The highest BCUT2D eigenvalue weighted by Gasteiger charge is 2.35. The summed E-state index contributed by atoms with van der Waals surface area (Å²) in [6.45, 7) is 5.21. The van der Waals surface area contributed by atoms with Gasteiger partial charge in [0, 0.05) is 23.7 Å². The SMILES string of the molecule is CC(C)(C)OC(=O)N[C@H](c1cccnc1)[C@H](Cc1ccccc1)[N+](=O)[O-]. The summed E-state index contributed by atoms with van der Waals surface area (Å²) in [5.74, 6) is 0. The molecule has 7 heteroatoms. The molecule has 1 heterocycles. The van der Waals surface area contributed by atoms with Crippen molar-refractivity contribution in [2.75, 3.05) is 0 Å². The molecule has 0 aliphatic carbocycles. The number of nitro groups is 1. The molecule has 0 radical (unpaired) electrons. The summed E-state index contributed by atoms with van der Waals surface area (Å²) < 4.78 is 5.28. The third-order valence-corrected chi connectivity index (χ3v) is 3.66. The summed E-state index contributed by atoms with van der Waals surface area (Å²) in [4.78, 5) is 27.7. The van der Waals surface area contributed by atoms with E-state index in [9.17, 15) is 14.9 Å². The Kier molecular flexibility index (Phi) is 6.27. The first kappa shape index (κ1) is 19.4. The Morgan fingerprint density at radius 2 is 1.92 bits per heavy atom. The van der Waals surface area contributed by atoms with Gasteiger partial charge in [-0.2, -0.15) is 0 Å². The van der Waals surface area contributed by atoms with Crippen LogP contribution in [0.4, 0.5) is 4.79 Å². The Bertz CT molecular complexity index is 729. The number of nitrogens with zero attached hydrogens (tertiary/aromatic N) is 2. The molecule has 1 N–H and O–H groups in total. The van der Waals surface area contributed by atoms with Gasteiger partial charge >= 0.3 is 6.09 Å². The maximum Gasteiger partial charge on any atom is 0.408 e. The van der Waals surface area contributed by atoms with Crippen LogP contribution >= 0.6 is 0 Å². The van der Waals surface area contributed by atoms with Crippen LogP contribution < -0.4 is 5.32 Å². The van der Waals surface area contributed by atoms with Crippen molar-refractivity contribution < 1.29 is 14.5 Å². The molecular weight excluding hydrogens is 334 g/mol. The van der Waals surface area contributed by atoms with Gasteiger partial charge in [0.2, 0.25) is 6.04 Å². The Morgan fingerprint density at radius 3 is 2.46 bits per heavy atom. The normalized spacial score (nSPS) is 13.5. The largest absolute Gasteiger partial charge is 0.444 e. The molecule has 1 amide bonds. The predicted molar refractivity (Wildman–Crippen MR) is 97.3 cm³/mol. The van der Waals surface area contributed by atoms with E-state index in [1.807, 2.05) is 30.3 Å². The first-order valence-corrected chi connectivity index (χ1v) is 8.33. The lowest BCUT2D eigenvalue weighted by Gasteiger charge is -2.25. The molecule has 0 spiro atoms. The third-order valence-electron chi connectivity index (χ3n) is 3.66. The average Bonchev–Trinajstić information content (AvgIpc) is 2.58. The van der Waals surface area contributed by atoms with Gasteiger partial charge in [-0.15, -0.1) is 0 Å². The number of pyridine rings is 1. The van der Waals surface area contributed by atoms with Crippen LogP contribution in [0, 0.1) is 10.1 Å². The first-order chi connectivity index (χ1) is 12.3. The molecule has 0 saturated heterocycles. The molecule has 0 bridgehead atoms. The van der Waals surface area contributed by atoms with Crippen LogP contribution in [0.15, 0.2) is 54.9 Å². The maximum atomic E-state index is 12.2. The topological polar surface area (TPSA) is 94.4 Å². The second kappa shape index (κ2) is 8.42. The molecule has 0 saturated carbocycles. The van der Waals surface area contributed by atoms with E-state index in [1.165, 1.54) is 6.20 Å². The molecule has 7 nitrogen and oxygen atoms in total. The second-order valence-electron chi connectivity index (χ2n) is 6.95. The number of aromatic nitrogens is 1. The van der Waals surface area contributed by atoms with E-state index in [1.54, 1.807) is 39.1 Å². The van der Waals surface area contributed by atoms with Gasteiger partial charge in [-0.3, -0.25) is 15.1 Å². The fraction of sp³-hybridized carbons (Fsp3) is 0.368. The van der Waals surface area contributed by atoms with E-state index in [-0.39, 0.29) is 11.3 Å². The van der Waals surface area contributed by atoms with Gasteiger partial charge in [-0.25, -0.2) is 4.79 Å². The number of amides is 1. The van der Waals surface area contributed by atoms with Crippen molar-refractivity contribution >= 4 is 6.09 Å². The number of carbonyl (C=O) groups excluding carboxylic acids is 1. The summed E-state index contributed by atoms with van der Waals surface area (Å²) in [5.41, 5.74) is 0.665. The average molecular weight is 357 g/mol. The lowest BCUT2D eigenvalue weighted by Crippen LogP contribution is -2.43. The van der Waals surface area contributed by atoms with Crippen LogP contribution in [0.3, 0.4) is 0 Å². The number of rotatable bonds is 6. The molecule has 0 aliphatic heterocycles. The van der Waals surface area contributed by atoms with Crippen LogP contribution in [-0.4, -0.2) is 27.6 Å². The summed E-state index contributed by atoms with van der Waals surface area (Å²) in [5, 5.41) is 14.4. The highest BCUT2D eigenvalue weighted by Crippen LogP contribution is 2.22. The molecule has 26 heavy (non-hydrogen) atoms. The lowest BCUT2D eigenvalue weighted by atomic mass is 9.95. The number of nitrogens with one attached hydrogen (secondary N) is 1. The Labute approximate surface area is 152 Å². The molecule has 2 aromatic rings. The second-order valence-corrected chi connectivity index (χ2v) is 6.95. The number of alkyl carbamates (subject to hydrolysis) is 1. The molecule has 1 aromatic carbocycles. The molecular formula is C19H23N3O4. The van der Waals surface area contributed by atoms with Crippen LogP contribution in [0.5, 0.6) is 0 Å². The van der Waals surface area contributed by atoms with Gasteiger partial charge in [0.05, 0.1) is 0 Å². The number of hydrogen-bond donors (Lipinski definition) is 1. The summed E-state index contributed by atoms with van der Waals surface area (Å²) in [6.07, 6.45) is 2.56. The third kappa shape index (κ3) is 5.84. The Morgan fingerprint density at radius 1 is 1.23 bits per heavy atom. The predicted octanol–water partition coefficient (Wildman–Crippen LogP) is 3.54. The van der Waals surface area contributed by atoms with Crippen LogP contribution in [0.1, 0.15) is 37.9 Å². The van der Waals surface area contributed by atoms with Crippen LogP contribution in [-0.2, 0) is 11.2 Å². The van der Waals surface area contributed by atoms with E-state index >= 15 is 0 Å². The van der Waals surface area contributed by atoms with Gasteiger partial charge in [0.25, 0.3) is 0 Å². The van der Waals surface area contributed by atoms with E-state index in [0.29, 0.717) is 5.56 Å². The minimum absolute atomic E-state index is 0.170. The highest BCUT2D eigenvalue weighted by molar-refractivity contribution is 5.68. The Balaban J connectivity index is 2.30. The fourth-order valence-corrected chi connectivity index (χ4v) is 2.57. The minimum Gasteiger partial charge on any atom is -0.444 e. The van der Waals surface area contributed by atoms with Gasteiger partial charge in [-0.05, 0) is 38.0 Å². The van der Waals surface area contributed by atoms with Gasteiger partial charge in [-0.1, -0.05) is 36.4 Å². The zero-order chi connectivity index (χ0) is 19.2. The van der Waals surface area contributed by atoms with E-state index < -0.39 is 23.8 Å². The molecule has 0 fully saturated rings. The van der Waals surface area contributed by atoms with Gasteiger partial charge < -0.3 is 10.1 Å². The van der Waals surface area contributed by atoms with Crippen molar-refractivity contribution in [3.8, 4) is 0 Å². The van der Waals surface area contributed by atoms with Crippen molar-refractivity contribution in [2.45, 2.75) is 44.9 Å². The molecule has 2 atom stereocenters. The standard InChI is InChI=1S/C19H23N3O4/c1-19(2,3)26-18(23)21-17(15-10-7-11-20-13-15)16(22(24)25)12-14-8-5-4-6-9-14/h4-11,13,16-17H,12H2,1-3H3,(H,21,23)/t16-,17+/m0/s1. The number of carbonyl (C=O) groups is 1. The highest BCUT2D eigenvalue weighted by atomic mass is 16.6. The molecule has 1 aromatic heterocycles. The summed E-state index contributed by atoms with van der Waals surface area (Å²) in [6, 6.07) is 10.6. The van der Waals surface area contributed by atoms with E-state index in [2.05, 4.69) is 10.3 Å². The zero-order valence-electron chi connectivity index (χ0n) is 15.1. The molecule has 0 unspecified atom stereocenters. The van der Waals surface area contributed by atoms with E-state index in [4.69, 9.17) is 4.74 Å². The van der Waals surface area contributed by atoms with Crippen molar-refractivity contribution in [2.24, 2.45) is 0 Å². The molecule has 138 valence electrons. The van der Waals surface area contributed by atoms with Crippen molar-refractivity contribution in [1.82, 2.24) is 10.3 Å². The maximum absolute atomic E-state index is 12.2. The Hall–Kier alpha value is -2.96. The van der Waals surface area contributed by atoms with Gasteiger partial charge in [0.15, 0.2) is 0 Å². The summed E-state index contributed by atoms with van der Waals surface area (Å²) in [7, 11) is 0. The quantitative estimate of drug-likeness (QED) is 0.630. The lowest BCUT2D eigenvalue weighted by molar-refractivity contribution is -0.527. The number of benzene rings is 1. The number of hydrogen-bond acceptors (Lipinski definition) is 5. The fourth-order valence-electron chi connectivity index (χ4n) is 2.57. The monoisotopic (exact) mass is 357 g/mol. The molecule has 2 rings (SSSR count). The smallest absolute Gasteiger partial charge is 0.408 e. The van der Waals surface area contributed by atoms with Crippen LogP contribution in [0.25, 0.3) is 0 Å². The first-order valence-electron chi connectivity index (χ1n) is 8.33. The van der Waals surface area contributed by atoms with Gasteiger partial charge in [0.1, 0.15) is 11.6 Å². The zero-order valence-corrected chi connectivity index (χ0v) is 15.1. The molecule has 0 aliphatic rings. The van der Waals surface area contributed by atoms with Crippen molar-refractivity contribution in [1.29, 1.82) is 0 Å².